The summed E-state index contributed by atoms with van der Waals surface area (Å²) < 4.78 is 0. The summed E-state index contributed by atoms with van der Waals surface area (Å²) in [6, 6.07) is 3.89. The van der Waals surface area contributed by atoms with Crippen LogP contribution in [-0.2, 0) is 0 Å². The third kappa shape index (κ3) is 1.65. The van der Waals surface area contributed by atoms with Crippen molar-refractivity contribution < 1.29 is 0 Å². The molecule has 0 aliphatic rings. The van der Waals surface area contributed by atoms with Crippen molar-refractivity contribution in [3.8, 4) is 0 Å². The van der Waals surface area contributed by atoms with Crippen LogP contribution in [0.3, 0.4) is 0 Å². The van der Waals surface area contributed by atoms with Gasteiger partial charge in [0.2, 0.25) is 0 Å². The molecule has 0 bridgehead atoms. The Kier molecular flexibility index (Phi) is 2.15. The van der Waals surface area contributed by atoms with E-state index in [9.17, 15) is 0 Å². The molecule has 1 aromatic heterocycles. The van der Waals surface area contributed by atoms with Gasteiger partial charge in [-0.2, -0.15) is 10.2 Å². The molecule has 0 aliphatic heterocycles. The molecule has 0 amide bonds. The number of allylic oxidation sites excluding steroid dienone is 1. The number of nitrogens with zero attached hydrogens (tertiary/aromatic N) is 2. The summed E-state index contributed by atoms with van der Waals surface area (Å²) in [5.74, 6) is 0. The molecule has 0 unspecified atom stereocenters. The molecule has 0 fully saturated rings. The highest BCUT2D eigenvalue weighted by molar-refractivity contribution is 5.42. The van der Waals surface area contributed by atoms with Crippen LogP contribution >= 0.6 is 0 Å². The maximum absolute atomic E-state index is 3.93. The molecule has 1 rings (SSSR count). The third-order valence-corrected chi connectivity index (χ3v) is 1.16. The quantitative estimate of drug-likeness (QED) is 0.585. The zero-order valence-electron chi connectivity index (χ0n) is 6.20. The minimum Gasteiger partial charge on any atom is -0.155 e. The van der Waals surface area contributed by atoms with Gasteiger partial charge < -0.3 is 0 Å². The van der Waals surface area contributed by atoms with Crippen molar-refractivity contribution in [2.24, 2.45) is 0 Å². The van der Waals surface area contributed by atoms with Crippen molar-refractivity contribution in [2.75, 3.05) is 0 Å². The van der Waals surface area contributed by atoms with Gasteiger partial charge in [0.15, 0.2) is 0 Å². The van der Waals surface area contributed by atoms with Crippen molar-refractivity contribution >= 4 is 6.08 Å². The van der Waals surface area contributed by atoms with E-state index in [0.717, 1.165) is 11.4 Å². The van der Waals surface area contributed by atoms with Gasteiger partial charge in [-0.05, 0) is 32.1 Å². The van der Waals surface area contributed by atoms with Gasteiger partial charge in [-0.3, -0.25) is 0 Å². The summed E-state index contributed by atoms with van der Waals surface area (Å²) in [7, 11) is 0. The minimum absolute atomic E-state index is 0.910. The van der Waals surface area contributed by atoms with E-state index in [0.29, 0.717) is 0 Å². The van der Waals surface area contributed by atoms with E-state index in [1.807, 2.05) is 38.1 Å². The molecule has 0 spiro atoms. The molecule has 0 radical (unpaired) electrons. The molecule has 2 nitrogen and oxygen atoms in total. The van der Waals surface area contributed by atoms with E-state index in [1.165, 1.54) is 0 Å². The number of hydrogen-bond donors (Lipinski definition) is 0. The molecule has 0 N–H and O–H groups in total. The Balaban J connectivity index is 2.89. The number of hydrogen-bond acceptors (Lipinski definition) is 2. The molecule has 0 aromatic carbocycles. The van der Waals surface area contributed by atoms with Crippen LogP contribution in [0.25, 0.3) is 6.08 Å². The summed E-state index contributed by atoms with van der Waals surface area (Å²) in [6.07, 6.45) is 3.87. The molecule has 10 heavy (non-hydrogen) atoms. The Hall–Kier alpha value is -1.18. The fraction of sp³-hybridized carbons (Fsp3) is 0.250. The van der Waals surface area contributed by atoms with Gasteiger partial charge in [0, 0.05) is 0 Å². The Morgan fingerprint density at radius 2 is 2.10 bits per heavy atom. The highest BCUT2D eigenvalue weighted by Crippen LogP contribution is 1.96. The van der Waals surface area contributed by atoms with Crippen LogP contribution in [0, 0.1) is 6.92 Å². The van der Waals surface area contributed by atoms with Crippen LogP contribution in [0.1, 0.15) is 18.3 Å². The van der Waals surface area contributed by atoms with Crippen molar-refractivity contribution in [2.45, 2.75) is 13.8 Å². The smallest absolute Gasteiger partial charge is 0.0854 e. The number of aryl methyl sites for hydroxylation is 1. The minimum atomic E-state index is 0.910. The molecule has 52 valence electrons. The zero-order valence-corrected chi connectivity index (χ0v) is 6.20. The van der Waals surface area contributed by atoms with Crippen molar-refractivity contribution in [3.05, 3.63) is 29.6 Å². The maximum atomic E-state index is 3.93. The molecule has 2 heteroatoms. The molecule has 0 saturated carbocycles. The first-order valence-corrected chi connectivity index (χ1v) is 3.26. The third-order valence-electron chi connectivity index (χ3n) is 1.16. The lowest BCUT2D eigenvalue weighted by Gasteiger charge is -1.90. The van der Waals surface area contributed by atoms with E-state index < -0.39 is 0 Å². The lowest BCUT2D eigenvalue weighted by molar-refractivity contribution is 0.969. The van der Waals surface area contributed by atoms with Crippen LogP contribution in [0.4, 0.5) is 0 Å². The van der Waals surface area contributed by atoms with E-state index >= 15 is 0 Å². The van der Waals surface area contributed by atoms with Crippen molar-refractivity contribution in [3.63, 3.8) is 0 Å². The summed E-state index contributed by atoms with van der Waals surface area (Å²) in [4.78, 5) is 0. The molecule has 0 atom stereocenters. The Morgan fingerprint density at radius 1 is 1.30 bits per heavy atom. The average Bonchev–Trinajstić information content (AvgIpc) is 1.95. The molecule has 0 saturated heterocycles. The van der Waals surface area contributed by atoms with Gasteiger partial charge in [-0.15, -0.1) is 0 Å². The zero-order chi connectivity index (χ0) is 7.40. The van der Waals surface area contributed by atoms with Gasteiger partial charge in [-0.25, -0.2) is 0 Å². The Bertz CT molecular complexity index is 224. The highest BCUT2D eigenvalue weighted by atomic mass is 15.1. The molecule has 1 heterocycles. The first-order chi connectivity index (χ1) is 4.83. The lowest BCUT2D eigenvalue weighted by Crippen LogP contribution is -1.87. The van der Waals surface area contributed by atoms with Crippen molar-refractivity contribution in [1.82, 2.24) is 10.2 Å². The molecular formula is C8H10N2. The van der Waals surface area contributed by atoms with Crippen LogP contribution in [0.2, 0.25) is 0 Å². The first kappa shape index (κ1) is 6.93. The topological polar surface area (TPSA) is 25.8 Å². The summed E-state index contributed by atoms with van der Waals surface area (Å²) in [5.41, 5.74) is 1.86. The first-order valence-electron chi connectivity index (χ1n) is 3.26. The fourth-order valence-electron chi connectivity index (χ4n) is 0.669. The van der Waals surface area contributed by atoms with Gasteiger partial charge in [0.25, 0.3) is 0 Å². The lowest BCUT2D eigenvalue weighted by atomic mass is 10.3. The SMILES string of the molecule is C/C=C/c1ccc(C)nn1. The fourth-order valence-corrected chi connectivity index (χ4v) is 0.669. The Morgan fingerprint density at radius 3 is 2.60 bits per heavy atom. The van der Waals surface area contributed by atoms with E-state index in [2.05, 4.69) is 10.2 Å². The number of aromatic nitrogens is 2. The van der Waals surface area contributed by atoms with E-state index in [1.54, 1.807) is 0 Å². The van der Waals surface area contributed by atoms with Gasteiger partial charge in [-0.1, -0.05) is 6.08 Å². The predicted octanol–water partition coefficient (Wildman–Crippen LogP) is 1.82. The van der Waals surface area contributed by atoms with E-state index in [4.69, 9.17) is 0 Å². The Labute approximate surface area is 60.6 Å². The second-order valence-electron chi connectivity index (χ2n) is 2.10. The van der Waals surface area contributed by atoms with Crippen LogP contribution < -0.4 is 0 Å². The van der Waals surface area contributed by atoms with Crippen molar-refractivity contribution in [1.29, 1.82) is 0 Å². The van der Waals surface area contributed by atoms with Crippen LogP contribution in [-0.4, -0.2) is 10.2 Å². The number of rotatable bonds is 1. The van der Waals surface area contributed by atoms with Crippen LogP contribution in [0.5, 0.6) is 0 Å². The molecule has 1 aromatic rings. The molecule has 0 aliphatic carbocycles. The highest BCUT2D eigenvalue weighted by Gasteiger charge is 1.86. The largest absolute Gasteiger partial charge is 0.155 e. The van der Waals surface area contributed by atoms with Gasteiger partial charge in [0.05, 0.1) is 11.4 Å². The monoisotopic (exact) mass is 134 g/mol. The van der Waals surface area contributed by atoms with Gasteiger partial charge in [0.1, 0.15) is 0 Å². The van der Waals surface area contributed by atoms with Crippen LogP contribution in [0.15, 0.2) is 18.2 Å². The van der Waals surface area contributed by atoms with Gasteiger partial charge >= 0.3 is 0 Å². The maximum Gasteiger partial charge on any atom is 0.0854 e. The second-order valence-corrected chi connectivity index (χ2v) is 2.10. The molecular weight excluding hydrogens is 124 g/mol. The summed E-state index contributed by atoms with van der Waals surface area (Å²) in [5, 5.41) is 7.83. The summed E-state index contributed by atoms with van der Waals surface area (Å²) in [6.45, 7) is 3.88. The second kappa shape index (κ2) is 3.11. The van der Waals surface area contributed by atoms with E-state index in [-0.39, 0.29) is 0 Å². The summed E-state index contributed by atoms with van der Waals surface area (Å²) >= 11 is 0. The standard InChI is InChI=1S/C8H10N2/c1-3-4-8-6-5-7(2)9-10-8/h3-6H,1-2H3/b4-3+. The normalized spacial score (nSPS) is 10.6. The predicted molar refractivity (Wildman–Crippen MR) is 41.5 cm³/mol. The average molecular weight is 134 g/mol.